The lowest BCUT2D eigenvalue weighted by Gasteiger charge is -2.08. The zero-order chi connectivity index (χ0) is 13.0. The molecule has 0 aliphatic heterocycles. The Bertz CT molecular complexity index is 484. The Kier molecular flexibility index (Phi) is 3.91. The number of benzene rings is 1. The van der Waals surface area contributed by atoms with Gasteiger partial charge in [0.2, 0.25) is 11.7 Å². The molecule has 2 unspecified atom stereocenters. The van der Waals surface area contributed by atoms with Gasteiger partial charge in [0.15, 0.2) is 6.61 Å². The predicted molar refractivity (Wildman–Crippen MR) is 63.7 cm³/mol. The van der Waals surface area contributed by atoms with Crippen molar-refractivity contribution in [3.05, 3.63) is 42.0 Å². The van der Waals surface area contributed by atoms with Gasteiger partial charge < -0.3 is 20.1 Å². The maximum atomic E-state index is 9.31. The van der Waals surface area contributed by atoms with Gasteiger partial charge in [-0.1, -0.05) is 23.4 Å². The van der Waals surface area contributed by atoms with Crippen molar-refractivity contribution in [3.63, 3.8) is 0 Å². The molecule has 2 atom stereocenters. The van der Waals surface area contributed by atoms with E-state index in [4.69, 9.17) is 15.0 Å². The van der Waals surface area contributed by atoms with Gasteiger partial charge in [-0.05, 0) is 19.1 Å². The third-order valence-corrected chi connectivity index (χ3v) is 2.40. The summed E-state index contributed by atoms with van der Waals surface area (Å²) in [7, 11) is 0. The van der Waals surface area contributed by atoms with Crippen LogP contribution in [0.5, 0.6) is 5.75 Å². The Labute approximate surface area is 104 Å². The van der Waals surface area contributed by atoms with Crippen molar-refractivity contribution < 1.29 is 14.4 Å². The lowest BCUT2D eigenvalue weighted by Crippen LogP contribution is -2.23. The second-order valence-corrected chi connectivity index (χ2v) is 3.92. The van der Waals surface area contributed by atoms with Gasteiger partial charge in [-0.25, -0.2) is 0 Å². The number of rotatable bonds is 5. The van der Waals surface area contributed by atoms with E-state index in [1.807, 2.05) is 30.3 Å². The van der Waals surface area contributed by atoms with Gasteiger partial charge >= 0.3 is 0 Å². The molecule has 18 heavy (non-hydrogen) atoms. The molecular formula is C12H15N3O3. The maximum Gasteiger partial charge on any atom is 0.246 e. The Morgan fingerprint density at radius 2 is 2.11 bits per heavy atom. The van der Waals surface area contributed by atoms with E-state index in [-0.39, 0.29) is 12.5 Å². The zero-order valence-corrected chi connectivity index (χ0v) is 9.98. The van der Waals surface area contributed by atoms with E-state index in [9.17, 15) is 5.11 Å². The summed E-state index contributed by atoms with van der Waals surface area (Å²) in [6, 6.07) is 8.65. The quantitative estimate of drug-likeness (QED) is 0.821. The first-order chi connectivity index (χ1) is 8.66. The molecule has 3 N–H and O–H groups in total. The molecule has 0 spiro atoms. The highest BCUT2D eigenvalue weighted by Gasteiger charge is 2.19. The smallest absolute Gasteiger partial charge is 0.246 e. The topological polar surface area (TPSA) is 94.4 Å². The first-order valence-corrected chi connectivity index (χ1v) is 5.61. The van der Waals surface area contributed by atoms with Crippen LogP contribution in [0.1, 0.15) is 24.7 Å². The van der Waals surface area contributed by atoms with Crippen molar-refractivity contribution in [2.45, 2.75) is 25.7 Å². The normalized spacial score (nSPS) is 14.2. The van der Waals surface area contributed by atoms with E-state index in [2.05, 4.69) is 10.1 Å². The minimum Gasteiger partial charge on any atom is -0.485 e. The van der Waals surface area contributed by atoms with Gasteiger partial charge in [-0.3, -0.25) is 0 Å². The molecule has 1 aromatic heterocycles. The van der Waals surface area contributed by atoms with Crippen LogP contribution >= 0.6 is 0 Å². The average Bonchev–Trinajstić information content (AvgIpc) is 2.85. The van der Waals surface area contributed by atoms with E-state index in [1.165, 1.54) is 0 Å². The van der Waals surface area contributed by atoms with Gasteiger partial charge in [-0.15, -0.1) is 0 Å². The number of aliphatic hydroxyl groups excluding tert-OH is 1. The van der Waals surface area contributed by atoms with Crippen LogP contribution < -0.4 is 10.5 Å². The first kappa shape index (κ1) is 12.5. The average molecular weight is 249 g/mol. The summed E-state index contributed by atoms with van der Waals surface area (Å²) < 4.78 is 10.4. The molecule has 1 heterocycles. The van der Waals surface area contributed by atoms with Crippen molar-refractivity contribution in [3.8, 4) is 5.75 Å². The third-order valence-electron chi connectivity index (χ3n) is 2.40. The van der Waals surface area contributed by atoms with Gasteiger partial charge in [0.05, 0.1) is 6.10 Å². The highest BCUT2D eigenvalue weighted by atomic mass is 16.5. The molecule has 0 radical (unpaired) electrons. The van der Waals surface area contributed by atoms with E-state index in [0.717, 1.165) is 5.75 Å². The summed E-state index contributed by atoms with van der Waals surface area (Å²) in [5.74, 6) is 1.32. The number of para-hydroxylation sites is 1. The molecule has 6 heteroatoms. The lowest BCUT2D eigenvalue weighted by atomic mass is 10.2. The summed E-state index contributed by atoms with van der Waals surface area (Å²) in [6.07, 6.45) is -0.742. The van der Waals surface area contributed by atoms with Gasteiger partial charge in [0.25, 0.3) is 0 Å². The van der Waals surface area contributed by atoms with E-state index in [0.29, 0.717) is 5.82 Å². The lowest BCUT2D eigenvalue weighted by molar-refractivity contribution is 0.146. The summed E-state index contributed by atoms with van der Waals surface area (Å²) in [5, 5.41) is 13.0. The molecule has 0 bridgehead atoms. The fourth-order valence-corrected chi connectivity index (χ4v) is 1.33. The largest absolute Gasteiger partial charge is 0.485 e. The number of hydrogen-bond donors (Lipinski definition) is 2. The molecule has 2 aromatic rings. The van der Waals surface area contributed by atoms with Crippen LogP contribution in [0.3, 0.4) is 0 Å². The number of nitrogens with two attached hydrogens (primary N) is 1. The molecule has 0 fully saturated rings. The van der Waals surface area contributed by atoms with E-state index in [1.54, 1.807) is 6.92 Å². The minimum absolute atomic E-state index is 0.194. The fourth-order valence-electron chi connectivity index (χ4n) is 1.33. The molecule has 96 valence electrons. The molecule has 0 saturated carbocycles. The second kappa shape index (κ2) is 5.61. The second-order valence-electron chi connectivity index (χ2n) is 3.92. The van der Waals surface area contributed by atoms with Crippen LogP contribution in [0.2, 0.25) is 0 Å². The summed E-state index contributed by atoms with van der Waals surface area (Å²) >= 11 is 0. The Morgan fingerprint density at radius 1 is 1.39 bits per heavy atom. The number of hydrogen-bond acceptors (Lipinski definition) is 6. The van der Waals surface area contributed by atoms with Crippen LogP contribution in [-0.4, -0.2) is 21.4 Å². The molecule has 2 rings (SSSR count). The van der Waals surface area contributed by atoms with Crippen molar-refractivity contribution in [2.75, 3.05) is 0 Å². The molecular weight excluding hydrogens is 234 g/mol. The van der Waals surface area contributed by atoms with E-state index < -0.39 is 12.1 Å². The highest BCUT2D eigenvalue weighted by molar-refractivity contribution is 5.20. The molecule has 0 aliphatic carbocycles. The van der Waals surface area contributed by atoms with Crippen LogP contribution in [0.4, 0.5) is 0 Å². The van der Waals surface area contributed by atoms with Gasteiger partial charge in [0, 0.05) is 0 Å². The van der Waals surface area contributed by atoms with Crippen molar-refractivity contribution in [1.29, 1.82) is 0 Å². The Balaban J connectivity index is 1.95. The highest BCUT2D eigenvalue weighted by Crippen LogP contribution is 2.13. The number of aromatic nitrogens is 2. The standard InChI is InChI=1S/C12H15N3O3/c1-8(16)11(13)12-14-10(15-18-12)7-17-9-5-3-2-4-6-9/h2-6,8,11,16H,7,13H2,1H3. The van der Waals surface area contributed by atoms with Crippen LogP contribution in [0, 0.1) is 0 Å². The van der Waals surface area contributed by atoms with Crippen LogP contribution in [0.15, 0.2) is 34.9 Å². The number of nitrogens with zero attached hydrogens (tertiary/aromatic N) is 2. The maximum absolute atomic E-state index is 9.31. The minimum atomic E-state index is -0.742. The van der Waals surface area contributed by atoms with Crippen LogP contribution in [0.25, 0.3) is 0 Å². The molecule has 6 nitrogen and oxygen atoms in total. The SMILES string of the molecule is CC(O)C(N)c1nc(COc2ccccc2)no1. The summed E-state index contributed by atoms with van der Waals surface area (Å²) in [6.45, 7) is 1.76. The van der Waals surface area contributed by atoms with Crippen LogP contribution in [-0.2, 0) is 6.61 Å². The van der Waals surface area contributed by atoms with Crippen molar-refractivity contribution in [2.24, 2.45) is 5.73 Å². The van der Waals surface area contributed by atoms with Gasteiger partial charge in [-0.2, -0.15) is 4.98 Å². The van der Waals surface area contributed by atoms with Crippen molar-refractivity contribution >= 4 is 0 Å². The Morgan fingerprint density at radius 3 is 2.78 bits per heavy atom. The molecule has 1 aromatic carbocycles. The molecule has 0 saturated heterocycles. The Hall–Kier alpha value is -1.92. The van der Waals surface area contributed by atoms with Crippen molar-refractivity contribution in [1.82, 2.24) is 10.1 Å². The summed E-state index contributed by atoms with van der Waals surface area (Å²) in [5.41, 5.74) is 5.67. The van der Waals surface area contributed by atoms with Gasteiger partial charge in [0.1, 0.15) is 11.8 Å². The predicted octanol–water partition coefficient (Wildman–Crippen LogP) is 1.03. The first-order valence-electron chi connectivity index (χ1n) is 5.61. The summed E-state index contributed by atoms with van der Waals surface area (Å²) in [4.78, 5) is 4.06. The number of aliphatic hydroxyl groups is 1. The van der Waals surface area contributed by atoms with E-state index >= 15 is 0 Å². The number of ether oxygens (including phenoxy) is 1. The third kappa shape index (κ3) is 3.06. The monoisotopic (exact) mass is 249 g/mol. The fraction of sp³-hybridized carbons (Fsp3) is 0.333. The molecule has 0 aliphatic rings. The molecule has 0 amide bonds. The zero-order valence-electron chi connectivity index (χ0n) is 9.98.